The summed E-state index contributed by atoms with van der Waals surface area (Å²) in [5, 5.41) is 0. The number of amides is 2. The van der Waals surface area contributed by atoms with Crippen LogP contribution in [0.2, 0.25) is 0 Å². The highest BCUT2D eigenvalue weighted by molar-refractivity contribution is 5.90. The van der Waals surface area contributed by atoms with Crippen LogP contribution in [0.4, 0.5) is 10.5 Å². The second-order valence-electron chi connectivity index (χ2n) is 3.47. The Kier molecular flexibility index (Phi) is 2.49. The molecule has 0 atom stereocenters. The molecule has 1 aromatic carbocycles. The van der Waals surface area contributed by atoms with E-state index in [1.54, 1.807) is 0 Å². The Morgan fingerprint density at radius 2 is 2.40 bits per heavy atom. The van der Waals surface area contributed by atoms with Gasteiger partial charge in [-0.1, -0.05) is 6.07 Å². The predicted molar refractivity (Wildman–Crippen MR) is 58.2 cm³/mol. The average Bonchev–Trinajstić information content (AvgIpc) is 2.65. The lowest BCUT2D eigenvalue weighted by atomic mass is 10.1. The van der Waals surface area contributed by atoms with E-state index in [1.807, 2.05) is 25.1 Å². The van der Waals surface area contributed by atoms with Crippen LogP contribution in [0.25, 0.3) is 0 Å². The zero-order valence-corrected chi connectivity index (χ0v) is 8.69. The van der Waals surface area contributed by atoms with E-state index < -0.39 is 6.03 Å². The summed E-state index contributed by atoms with van der Waals surface area (Å²) < 4.78 is 5.43. The van der Waals surface area contributed by atoms with Crippen molar-refractivity contribution in [1.29, 1.82) is 0 Å². The number of urea groups is 1. The third-order valence-corrected chi connectivity index (χ3v) is 2.57. The van der Waals surface area contributed by atoms with E-state index in [9.17, 15) is 4.79 Å². The highest BCUT2D eigenvalue weighted by atomic mass is 16.5. The fourth-order valence-corrected chi connectivity index (χ4v) is 1.79. The van der Waals surface area contributed by atoms with E-state index in [2.05, 4.69) is 0 Å². The van der Waals surface area contributed by atoms with E-state index in [1.165, 1.54) is 10.5 Å². The molecule has 0 radical (unpaired) electrons. The Balaban J connectivity index is 2.32. The van der Waals surface area contributed by atoms with Crippen LogP contribution < -0.4 is 15.4 Å². The first-order chi connectivity index (χ1) is 7.22. The maximum Gasteiger partial charge on any atom is 0.319 e. The van der Waals surface area contributed by atoms with Gasteiger partial charge in [0.25, 0.3) is 0 Å². The third kappa shape index (κ3) is 1.75. The largest absolute Gasteiger partial charge is 0.493 e. The van der Waals surface area contributed by atoms with Crippen LogP contribution in [-0.4, -0.2) is 19.2 Å². The molecule has 0 aliphatic carbocycles. The monoisotopic (exact) mass is 206 g/mol. The summed E-state index contributed by atoms with van der Waals surface area (Å²) >= 11 is 0. The van der Waals surface area contributed by atoms with Crippen molar-refractivity contribution in [1.82, 2.24) is 0 Å². The van der Waals surface area contributed by atoms with Gasteiger partial charge in [-0.05, 0) is 18.6 Å². The number of nitrogens with zero attached hydrogens (tertiary/aromatic N) is 1. The van der Waals surface area contributed by atoms with Crippen molar-refractivity contribution >= 4 is 11.7 Å². The number of primary amides is 1. The summed E-state index contributed by atoms with van der Waals surface area (Å²) in [6, 6.07) is 5.33. The highest BCUT2D eigenvalue weighted by Crippen LogP contribution is 2.29. The second kappa shape index (κ2) is 3.81. The van der Waals surface area contributed by atoms with Crippen LogP contribution in [0.5, 0.6) is 5.75 Å². The predicted octanol–water partition coefficient (Wildman–Crippen LogP) is 1.53. The quantitative estimate of drug-likeness (QED) is 0.797. The van der Waals surface area contributed by atoms with Crippen LogP contribution in [0.3, 0.4) is 0 Å². The maximum absolute atomic E-state index is 11.1. The number of carbonyl (C=O) groups is 1. The molecule has 2 amide bonds. The van der Waals surface area contributed by atoms with Gasteiger partial charge in [-0.2, -0.15) is 0 Å². The lowest BCUT2D eigenvalue weighted by Gasteiger charge is -2.18. The van der Waals surface area contributed by atoms with Gasteiger partial charge in [0.1, 0.15) is 5.75 Å². The molecule has 15 heavy (non-hydrogen) atoms. The molecule has 0 spiro atoms. The molecule has 0 saturated carbocycles. The molecule has 0 bridgehead atoms. The van der Waals surface area contributed by atoms with E-state index in [0.29, 0.717) is 6.54 Å². The van der Waals surface area contributed by atoms with E-state index in [-0.39, 0.29) is 0 Å². The van der Waals surface area contributed by atoms with Gasteiger partial charge in [-0.15, -0.1) is 0 Å². The molecular weight excluding hydrogens is 192 g/mol. The van der Waals surface area contributed by atoms with Crippen molar-refractivity contribution in [3.8, 4) is 5.75 Å². The zero-order chi connectivity index (χ0) is 10.8. The molecule has 4 nitrogen and oxygen atoms in total. The Bertz CT molecular complexity index is 390. The first kappa shape index (κ1) is 9.83. The van der Waals surface area contributed by atoms with Crippen molar-refractivity contribution in [2.75, 3.05) is 18.1 Å². The minimum absolute atomic E-state index is 0.435. The van der Waals surface area contributed by atoms with Gasteiger partial charge in [0.05, 0.1) is 6.61 Å². The van der Waals surface area contributed by atoms with E-state index >= 15 is 0 Å². The number of hydrogen-bond donors (Lipinski definition) is 1. The molecule has 0 unspecified atom stereocenters. The topological polar surface area (TPSA) is 55.6 Å². The number of nitrogens with two attached hydrogens (primary N) is 1. The number of benzene rings is 1. The van der Waals surface area contributed by atoms with Crippen LogP contribution in [0.1, 0.15) is 12.5 Å². The molecular formula is C11H14N2O2. The Morgan fingerprint density at radius 3 is 3.07 bits per heavy atom. The van der Waals surface area contributed by atoms with Crippen molar-refractivity contribution in [3.63, 3.8) is 0 Å². The average molecular weight is 206 g/mol. The van der Waals surface area contributed by atoms with Crippen LogP contribution in [0.15, 0.2) is 18.2 Å². The van der Waals surface area contributed by atoms with Gasteiger partial charge in [0, 0.05) is 24.7 Å². The molecule has 2 N–H and O–H groups in total. The summed E-state index contributed by atoms with van der Waals surface area (Å²) in [5.41, 5.74) is 7.26. The maximum atomic E-state index is 11.1. The third-order valence-electron chi connectivity index (χ3n) is 2.57. The molecule has 1 aromatic rings. The molecule has 1 aliphatic rings. The van der Waals surface area contributed by atoms with Gasteiger partial charge in [-0.25, -0.2) is 4.79 Å². The van der Waals surface area contributed by atoms with Crippen molar-refractivity contribution in [2.45, 2.75) is 13.3 Å². The van der Waals surface area contributed by atoms with Crippen molar-refractivity contribution < 1.29 is 9.53 Å². The van der Waals surface area contributed by atoms with Crippen LogP contribution in [-0.2, 0) is 6.42 Å². The fourth-order valence-electron chi connectivity index (χ4n) is 1.79. The summed E-state index contributed by atoms with van der Waals surface area (Å²) in [5.74, 6) is 0.868. The molecule has 80 valence electrons. The smallest absolute Gasteiger partial charge is 0.319 e. The first-order valence-corrected chi connectivity index (χ1v) is 5.05. The summed E-state index contributed by atoms with van der Waals surface area (Å²) in [6.45, 7) is 3.18. The fraction of sp³-hybridized carbons (Fsp3) is 0.364. The molecule has 0 aromatic heterocycles. The molecule has 1 aliphatic heterocycles. The molecule has 0 fully saturated rings. The van der Waals surface area contributed by atoms with Gasteiger partial charge >= 0.3 is 6.03 Å². The van der Waals surface area contributed by atoms with Crippen molar-refractivity contribution in [3.05, 3.63) is 23.8 Å². The SMILES string of the molecule is CCN(C(N)=O)c1ccc2c(c1)OCC2. The van der Waals surface area contributed by atoms with Gasteiger partial charge in [0.15, 0.2) is 0 Å². The number of ether oxygens (including phenoxy) is 1. The van der Waals surface area contributed by atoms with E-state index in [4.69, 9.17) is 10.5 Å². The van der Waals surface area contributed by atoms with Gasteiger partial charge in [0.2, 0.25) is 0 Å². The number of anilines is 1. The van der Waals surface area contributed by atoms with Gasteiger partial charge in [-0.3, -0.25) is 4.90 Å². The summed E-state index contributed by atoms with van der Waals surface area (Å²) in [7, 11) is 0. The van der Waals surface area contributed by atoms with Gasteiger partial charge < -0.3 is 10.5 Å². The zero-order valence-electron chi connectivity index (χ0n) is 8.69. The summed E-state index contributed by atoms with van der Waals surface area (Å²) in [6.07, 6.45) is 0.943. The first-order valence-electron chi connectivity index (χ1n) is 5.05. The lowest BCUT2D eigenvalue weighted by molar-refractivity contribution is 0.254. The molecule has 2 rings (SSSR count). The standard InChI is InChI=1S/C11H14N2O2/c1-2-13(11(12)14)9-4-3-8-5-6-15-10(8)7-9/h3-4,7H,2,5-6H2,1H3,(H2,12,14). The normalized spacial score (nSPS) is 13.1. The van der Waals surface area contributed by atoms with Crippen molar-refractivity contribution in [2.24, 2.45) is 5.73 Å². The van der Waals surface area contributed by atoms with E-state index in [0.717, 1.165) is 24.5 Å². The highest BCUT2D eigenvalue weighted by Gasteiger charge is 2.16. The molecule has 1 heterocycles. The van der Waals surface area contributed by atoms with Crippen LogP contribution in [0, 0.1) is 0 Å². The molecule has 0 saturated heterocycles. The Morgan fingerprint density at radius 1 is 1.60 bits per heavy atom. The number of hydrogen-bond acceptors (Lipinski definition) is 2. The second-order valence-corrected chi connectivity index (χ2v) is 3.47. The number of fused-ring (bicyclic) bond motifs is 1. The van der Waals surface area contributed by atoms with Crippen LogP contribution >= 0.6 is 0 Å². The number of carbonyl (C=O) groups excluding carboxylic acids is 1. The molecule has 4 heteroatoms. The minimum atomic E-state index is -0.435. The Hall–Kier alpha value is -1.71. The number of rotatable bonds is 2. The lowest BCUT2D eigenvalue weighted by Crippen LogP contribution is -2.35. The summed E-state index contributed by atoms with van der Waals surface area (Å²) in [4.78, 5) is 12.7. The minimum Gasteiger partial charge on any atom is -0.493 e. The Labute approximate surface area is 88.6 Å².